The lowest BCUT2D eigenvalue weighted by molar-refractivity contribution is -0.137. The second-order valence-corrected chi connectivity index (χ2v) is 4.49. The van der Waals surface area contributed by atoms with Crippen LogP contribution in [0.5, 0.6) is 0 Å². The molecule has 1 N–H and O–H groups in total. The molecule has 18 heavy (non-hydrogen) atoms. The summed E-state index contributed by atoms with van der Waals surface area (Å²) >= 11 is 0. The van der Waals surface area contributed by atoms with E-state index < -0.39 is 11.7 Å². The highest BCUT2D eigenvalue weighted by Gasteiger charge is 2.31. The van der Waals surface area contributed by atoms with Crippen LogP contribution in [0.3, 0.4) is 0 Å². The summed E-state index contributed by atoms with van der Waals surface area (Å²) in [7, 11) is 0. The third-order valence-corrected chi connectivity index (χ3v) is 3.14. The van der Waals surface area contributed by atoms with E-state index in [1.54, 1.807) is 0 Å². The van der Waals surface area contributed by atoms with Gasteiger partial charge in [0.15, 0.2) is 5.78 Å². The fraction of sp³-hybridized carbons (Fsp3) is 0.462. The predicted molar refractivity (Wildman–Crippen MR) is 61.4 cm³/mol. The Kier molecular flexibility index (Phi) is 3.71. The van der Waals surface area contributed by atoms with Crippen molar-refractivity contribution in [3.8, 4) is 0 Å². The highest BCUT2D eigenvalue weighted by Crippen LogP contribution is 2.30. The molecule has 0 unspecified atom stereocenters. The number of nitrogens with one attached hydrogen (secondary N) is 1. The van der Waals surface area contributed by atoms with Crippen molar-refractivity contribution in [2.45, 2.75) is 19.0 Å². The van der Waals surface area contributed by atoms with Crippen molar-refractivity contribution in [2.75, 3.05) is 13.1 Å². The molecule has 98 valence electrons. The van der Waals surface area contributed by atoms with Crippen molar-refractivity contribution in [1.82, 2.24) is 5.32 Å². The normalized spacial score (nSPS) is 20.7. The molecule has 0 bridgehead atoms. The van der Waals surface area contributed by atoms with Crippen LogP contribution in [-0.2, 0) is 6.18 Å². The first-order valence-electron chi connectivity index (χ1n) is 5.90. The molecule has 1 aromatic carbocycles. The molecule has 1 atom stereocenters. The molecule has 5 heteroatoms. The summed E-state index contributed by atoms with van der Waals surface area (Å²) in [5.41, 5.74) is -0.615. The molecule has 2 rings (SSSR count). The summed E-state index contributed by atoms with van der Waals surface area (Å²) in [6.07, 6.45) is -2.78. The summed E-state index contributed by atoms with van der Waals surface area (Å²) < 4.78 is 37.6. The summed E-state index contributed by atoms with van der Waals surface area (Å²) in [5, 5.41) is 3.09. The third-order valence-electron chi connectivity index (χ3n) is 3.14. The molecule has 0 spiro atoms. The van der Waals surface area contributed by atoms with E-state index >= 15 is 0 Å². The van der Waals surface area contributed by atoms with Crippen LogP contribution in [0.4, 0.5) is 13.2 Å². The summed E-state index contributed by atoms with van der Waals surface area (Å²) in [6, 6.07) is 4.66. The zero-order chi connectivity index (χ0) is 13.2. The fourth-order valence-electron chi connectivity index (χ4n) is 2.16. The van der Waals surface area contributed by atoms with Gasteiger partial charge in [-0.05, 0) is 31.5 Å². The Bertz CT molecular complexity index is 436. The lowest BCUT2D eigenvalue weighted by atomic mass is 9.90. The summed E-state index contributed by atoms with van der Waals surface area (Å²) in [5.74, 6) is -0.407. The number of halogens is 3. The van der Waals surface area contributed by atoms with Gasteiger partial charge in [0.1, 0.15) is 0 Å². The van der Waals surface area contributed by atoms with Crippen LogP contribution in [0.25, 0.3) is 0 Å². The van der Waals surface area contributed by atoms with Crippen molar-refractivity contribution < 1.29 is 18.0 Å². The van der Waals surface area contributed by atoms with Crippen molar-refractivity contribution in [1.29, 1.82) is 0 Å². The molecular weight excluding hydrogens is 243 g/mol. The van der Waals surface area contributed by atoms with Gasteiger partial charge in [-0.3, -0.25) is 4.79 Å². The second-order valence-electron chi connectivity index (χ2n) is 4.49. The van der Waals surface area contributed by atoms with Gasteiger partial charge in [-0.25, -0.2) is 0 Å². The van der Waals surface area contributed by atoms with Crippen molar-refractivity contribution in [3.05, 3.63) is 35.4 Å². The number of piperidine rings is 1. The Hall–Kier alpha value is -1.36. The first-order chi connectivity index (χ1) is 8.48. The number of benzene rings is 1. The first-order valence-corrected chi connectivity index (χ1v) is 5.90. The Morgan fingerprint density at radius 2 is 2.11 bits per heavy atom. The Balaban J connectivity index is 2.20. The fourth-order valence-corrected chi connectivity index (χ4v) is 2.16. The van der Waals surface area contributed by atoms with Crippen molar-refractivity contribution in [2.24, 2.45) is 5.92 Å². The minimum absolute atomic E-state index is 0.151. The van der Waals surface area contributed by atoms with Gasteiger partial charge in [-0.1, -0.05) is 12.1 Å². The van der Waals surface area contributed by atoms with E-state index in [0.717, 1.165) is 31.5 Å². The number of carbonyl (C=O) groups is 1. The van der Waals surface area contributed by atoms with Crippen LogP contribution >= 0.6 is 0 Å². The molecule has 0 amide bonds. The number of ketones is 1. The summed E-state index contributed by atoms with van der Waals surface area (Å²) in [4.78, 5) is 12.1. The molecule has 0 aliphatic carbocycles. The van der Waals surface area contributed by atoms with Gasteiger partial charge in [0.05, 0.1) is 5.56 Å². The third kappa shape index (κ3) is 2.90. The van der Waals surface area contributed by atoms with Gasteiger partial charge in [-0.15, -0.1) is 0 Å². The Morgan fingerprint density at radius 1 is 1.33 bits per heavy atom. The van der Waals surface area contributed by atoms with E-state index in [-0.39, 0.29) is 17.3 Å². The molecule has 0 aromatic heterocycles. The highest BCUT2D eigenvalue weighted by atomic mass is 19.4. The number of alkyl halides is 3. The van der Waals surface area contributed by atoms with Gasteiger partial charge < -0.3 is 5.32 Å². The van der Waals surface area contributed by atoms with Crippen LogP contribution in [0.15, 0.2) is 24.3 Å². The first kappa shape index (κ1) is 13.1. The number of hydrogen-bond acceptors (Lipinski definition) is 2. The maximum absolute atomic E-state index is 12.5. The van der Waals surface area contributed by atoms with E-state index in [2.05, 4.69) is 5.32 Å². The minimum Gasteiger partial charge on any atom is -0.316 e. The van der Waals surface area contributed by atoms with Crippen LogP contribution in [0.1, 0.15) is 28.8 Å². The van der Waals surface area contributed by atoms with E-state index in [4.69, 9.17) is 0 Å². The lowest BCUT2D eigenvalue weighted by Crippen LogP contribution is -2.34. The van der Waals surface area contributed by atoms with Crippen LogP contribution in [0.2, 0.25) is 0 Å². The van der Waals surface area contributed by atoms with Gasteiger partial charge in [-0.2, -0.15) is 13.2 Å². The predicted octanol–water partition coefficient (Wildman–Crippen LogP) is 2.89. The molecule has 0 radical (unpaired) electrons. The molecule has 1 aliphatic rings. The molecule has 1 saturated heterocycles. The largest absolute Gasteiger partial charge is 0.416 e. The van der Waals surface area contributed by atoms with Crippen LogP contribution in [0, 0.1) is 5.92 Å². The van der Waals surface area contributed by atoms with Crippen LogP contribution in [-0.4, -0.2) is 18.9 Å². The molecule has 1 aliphatic heterocycles. The number of hydrogen-bond donors (Lipinski definition) is 1. The van der Waals surface area contributed by atoms with Gasteiger partial charge >= 0.3 is 6.18 Å². The lowest BCUT2D eigenvalue weighted by Gasteiger charge is -2.21. The standard InChI is InChI=1S/C13H14F3NO/c14-13(15,16)11-5-1-3-9(7-11)12(18)10-4-2-6-17-8-10/h1,3,5,7,10,17H,2,4,6,8H2/t10-/m1/s1. The average Bonchev–Trinajstić information content (AvgIpc) is 2.38. The zero-order valence-corrected chi connectivity index (χ0v) is 9.76. The summed E-state index contributed by atoms with van der Waals surface area (Å²) in [6.45, 7) is 1.42. The quantitative estimate of drug-likeness (QED) is 0.825. The zero-order valence-electron chi connectivity index (χ0n) is 9.76. The van der Waals surface area contributed by atoms with Crippen molar-refractivity contribution >= 4 is 5.78 Å². The SMILES string of the molecule is O=C(c1cccc(C(F)(F)F)c1)[C@@H]1CCCNC1. The van der Waals surface area contributed by atoms with E-state index in [1.807, 2.05) is 0 Å². The Labute approximate surface area is 103 Å². The van der Waals surface area contributed by atoms with Gasteiger partial charge in [0.2, 0.25) is 0 Å². The van der Waals surface area contributed by atoms with Gasteiger partial charge in [0.25, 0.3) is 0 Å². The number of carbonyl (C=O) groups excluding carboxylic acids is 1. The highest BCUT2D eigenvalue weighted by molar-refractivity contribution is 5.98. The molecule has 0 saturated carbocycles. The Morgan fingerprint density at radius 3 is 2.72 bits per heavy atom. The second kappa shape index (κ2) is 5.10. The molecular formula is C13H14F3NO. The molecule has 2 nitrogen and oxygen atoms in total. The van der Waals surface area contributed by atoms with Gasteiger partial charge in [0, 0.05) is 18.0 Å². The van der Waals surface area contributed by atoms with Crippen LogP contribution < -0.4 is 5.32 Å². The maximum atomic E-state index is 12.5. The topological polar surface area (TPSA) is 29.1 Å². The van der Waals surface area contributed by atoms with E-state index in [0.29, 0.717) is 6.54 Å². The molecule has 1 heterocycles. The maximum Gasteiger partial charge on any atom is 0.416 e. The van der Waals surface area contributed by atoms with Crippen molar-refractivity contribution in [3.63, 3.8) is 0 Å². The van der Waals surface area contributed by atoms with E-state index in [1.165, 1.54) is 12.1 Å². The molecule has 1 fully saturated rings. The minimum atomic E-state index is -4.40. The molecule has 1 aromatic rings. The van der Waals surface area contributed by atoms with E-state index in [9.17, 15) is 18.0 Å². The smallest absolute Gasteiger partial charge is 0.316 e. The average molecular weight is 257 g/mol. The monoisotopic (exact) mass is 257 g/mol. The number of Topliss-reactive ketones (excluding diaryl/α,β-unsaturated/α-hetero) is 1. The number of rotatable bonds is 2.